The highest BCUT2D eigenvalue weighted by atomic mass is 16.4. The van der Waals surface area contributed by atoms with Crippen molar-refractivity contribution in [1.82, 2.24) is 0 Å². The summed E-state index contributed by atoms with van der Waals surface area (Å²) in [7, 11) is 0. The van der Waals surface area contributed by atoms with E-state index >= 15 is 0 Å². The maximum absolute atomic E-state index is 11.0. The fourth-order valence-electron chi connectivity index (χ4n) is 2.44. The standard InChI is InChI=1S/C12H14O2/c1-7-3-5-9-10(12(13)14)6-4-8(2)11(7)9/h4,6-7H,3,5H2,1-2H3,(H,13,14). The van der Waals surface area contributed by atoms with Gasteiger partial charge in [-0.1, -0.05) is 13.0 Å². The molecule has 1 aliphatic rings. The molecule has 0 heterocycles. The highest BCUT2D eigenvalue weighted by Crippen LogP contribution is 2.36. The number of fused-ring (bicyclic) bond motifs is 1. The molecule has 2 rings (SSSR count). The van der Waals surface area contributed by atoms with Crippen molar-refractivity contribution in [3.05, 3.63) is 34.4 Å². The van der Waals surface area contributed by atoms with Gasteiger partial charge in [-0.05, 0) is 48.4 Å². The van der Waals surface area contributed by atoms with Crippen LogP contribution in [0.15, 0.2) is 12.1 Å². The molecule has 14 heavy (non-hydrogen) atoms. The molecule has 74 valence electrons. The summed E-state index contributed by atoms with van der Waals surface area (Å²) in [4.78, 5) is 11.0. The predicted octanol–water partition coefficient (Wildman–Crippen LogP) is 2.74. The summed E-state index contributed by atoms with van der Waals surface area (Å²) in [6.45, 7) is 4.23. The molecule has 2 nitrogen and oxygen atoms in total. The summed E-state index contributed by atoms with van der Waals surface area (Å²) < 4.78 is 0. The van der Waals surface area contributed by atoms with Crippen LogP contribution in [0.4, 0.5) is 0 Å². The Morgan fingerprint density at radius 3 is 2.86 bits per heavy atom. The van der Waals surface area contributed by atoms with Gasteiger partial charge in [0.1, 0.15) is 0 Å². The summed E-state index contributed by atoms with van der Waals surface area (Å²) in [5, 5.41) is 9.03. The zero-order valence-corrected chi connectivity index (χ0v) is 8.50. The molecule has 0 spiro atoms. The summed E-state index contributed by atoms with van der Waals surface area (Å²) >= 11 is 0. The molecule has 0 bridgehead atoms. The van der Waals surface area contributed by atoms with Crippen LogP contribution in [-0.2, 0) is 6.42 Å². The monoisotopic (exact) mass is 190 g/mol. The van der Waals surface area contributed by atoms with E-state index in [4.69, 9.17) is 5.11 Å². The molecule has 1 N–H and O–H groups in total. The molecule has 1 aromatic rings. The highest BCUT2D eigenvalue weighted by molar-refractivity contribution is 5.90. The molecule has 0 amide bonds. The molecule has 1 aliphatic carbocycles. The first kappa shape index (κ1) is 9.25. The van der Waals surface area contributed by atoms with E-state index in [2.05, 4.69) is 13.8 Å². The van der Waals surface area contributed by atoms with Crippen LogP contribution in [0.1, 0.15) is 46.3 Å². The molecular weight excluding hydrogens is 176 g/mol. The second-order valence-corrected chi connectivity index (χ2v) is 4.07. The second kappa shape index (κ2) is 3.12. The van der Waals surface area contributed by atoms with Crippen LogP contribution in [0, 0.1) is 6.92 Å². The number of hydrogen-bond donors (Lipinski definition) is 1. The third-order valence-corrected chi connectivity index (χ3v) is 3.13. The van der Waals surface area contributed by atoms with Crippen molar-refractivity contribution < 1.29 is 9.90 Å². The molecule has 0 radical (unpaired) electrons. The zero-order valence-electron chi connectivity index (χ0n) is 8.50. The van der Waals surface area contributed by atoms with Crippen molar-refractivity contribution in [2.75, 3.05) is 0 Å². The lowest BCUT2D eigenvalue weighted by atomic mass is 9.95. The number of rotatable bonds is 1. The first-order valence-electron chi connectivity index (χ1n) is 4.97. The predicted molar refractivity (Wildman–Crippen MR) is 54.9 cm³/mol. The van der Waals surface area contributed by atoms with E-state index < -0.39 is 5.97 Å². The lowest BCUT2D eigenvalue weighted by Crippen LogP contribution is -2.03. The van der Waals surface area contributed by atoms with E-state index in [1.54, 1.807) is 6.07 Å². The Hall–Kier alpha value is -1.31. The first-order valence-corrected chi connectivity index (χ1v) is 4.97. The smallest absolute Gasteiger partial charge is 0.335 e. The number of hydrogen-bond acceptors (Lipinski definition) is 1. The maximum Gasteiger partial charge on any atom is 0.335 e. The number of aromatic carboxylic acids is 1. The highest BCUT2D eigenvalue weighted by Gasteiger charge is 2.25. The van der Waals surface area contributed by atoms with Gasteiger partial charge in [-0.25, -0.2) is 4.79 Å². The van der Waals surface area contributed by atoms with Crippen molar-refractivity contribution in [2.24, 2.45) is 0 Å². The molecular formula is C12H14O2. The van der Waals surface area contributed by atoms with E-state index in [1.165, 1.54) is 11.1 Å². The number of benzene rings is 1. The largest absolute Gasteiger partial charge is 0.478 e. The molecule has 0 fully saturated rings. The van der Waals surface area contributed by atoms with Crippen molar-refractivity contribution >= 4 is 5.97 Å². The number of aryl methyl sites for hydroxylation is 1. The van der Waals surface area contributed by atoms with Crippen LogP contribution in [-0.4, -0.2) is 11.1 Å². The molecule has 1 unspecified atom stereocenters. The third kappa shape index (κ3) is 1.22. The zero-order chi connectivity index (χ0) is 10.3. The Bertz CT molecular complexity index is 394. The van der Waals surface area contributed by atoms with Gasteiger partial charge in [-0.15, -0.1) is 0 Å². The van der Waals surface area contributed by atoms with E-state index in [1.807, 2.05) is 6.07 Å². The van der Waals surface area contributed by atoms with Gasteiger partial charge in [0.2, 0.25) is 0 Å². The average Bonchev–Trinajstić information content (AvgIpc) is 2.49. The van der Waals surface area contributed by atoms with Crippen molar-refractivity contribution in [3.63, 3.8) is 0 Å². The van der Waals surface area contributed by atoms with Gasteiger partial charge in [0.25, 0.3) is 0 Å². The lowest BCUT2D eigenvalue weighted by Gasteiger charge is -2.10. The average molecular weight is 190 g/mol. The van der Waals surface area contributed by atoms with Crippen LogP contribution < -0.4 is 0 Å². The Labute approximate surface area is 83.6 Å². The van der Waals surface area contributed by atoms with Gasteiger partial charge in [0, 0.05) is 0 Å². The lowest BCUT2D eigenvalue weighted by molar-refractivity contribution is 0.0696. The van der Waals surface area contributed by atoms with Gasteiger partial charge in [0.15, 0.2) is 0 Å². The fourth-order valence-corrected chi connectivity index (χ4v) is 2.44. The Kier molecular flexibility index (Phi) is 2.06. The second-order valence-electron chi connectivity index (χ2n) is 4.07. The Balaban J connectivity index is 2.64. The van der Waals surface area contributed by atoms with Gasteiger partial charge < -0.3 is 5.11 Å². The van der Waals surface area contributed by atoms with Crippen LogP contribution in [0.5, 0.6) is 0 Å². The Morgan fingerprint density at radius 2 is 2.21 bits per heavy atom. The van der Waals surface area contributed by atoms with E-state index in [0.29, 0.717) is 11.5 Å². The molecule has 1 atom stereocenters. The first-order chi connectivity index (χ1) is 6.61. The summed E-state index contributed by atoms with van der Waals surface area (Å²) in [6.07, 6.45) is 2.00. The Morgan fingerprint density at radius 1 is 1.50 bits per heavy atom. The normalized spacial score (nSPS) is 19.4. The van der Waals surface area contributed by atoms with E-state index in [9.17, 15) is 4.79 Å². The SMILES string of the molecule is Cc1ccc(C(=O)O)c2c1C(C)CC2. The number of carboxylic acids is 1. The third-order valence-electron chi connectivity index (χ3n) is 3.13. The summed E-state index contributed by atoms with van der Waals surface area (Å²) in [5.74, 6) is -0.278. The molecule has 2 heteroatoms. The van der Waals surface area contributed by atoms with Gasteiger partial charge >= 0.3 is 5.97 Å². The molecule has 1 aromatic carbocycles. The molecule has 0 saturated heterocycles. The van der Waals surface area contributed by atoms with Gasteiger partial charge in [-0.3, -0.25) is 0 Å². The molecule has 0 saturated carbocycles. The molecule has 0 aromatic heterocycles. The minimum Gasteiger partial charge on any atom is -0.478 e. The van der Waals surface area contributed by atoms with Crippen molar-refractivity contribution in [1.29, 1.82) is 0 Å². The maximum atomic E-state index is 11.0. The van der Waals surface area contributed by atoms with Gasteiger partial charge in [-0.2, -0.15) is 0 Å². The van der Waals surface area contributed by atoms with Crippen LogP contribution in [0.3, 0.4) is 0 Å². The van der Waals surface area contributed by atoms with Gasteiger partial charge in [0.05, 0.1) is 5.56 Å². The van der Waals surface area contributed by atoms with Crippen molar-refractivity contribution in [2.45, 2.75) is 32.6 Å². The topological polar surface area (TPSA) is 37.3 Å². The minimum atomic E-state index is -0.796. The van der Waals surface area contributed by atoms with Crippen LogP contribution in [0.25, 0.3) is 0 Å². The number of carbonyl (C=O) groups is 1. The quantitative estimate of drug-likeness (QED) is 0.739. The fraction of sp³-hybridized carbons (Fsp3) is 0.417. The minimum absolute atomic E-state index is 0.495. The van der Waals surface area contributed by atoms with E-state index in [-0.39, 0.29) is 0 Å². The summed E-state index contributed by atoms with van der Waals surface area (Å²) in [5.41, 5.74) is 4.06. The van der Waals surface area contributed by atoms with Crippen LogP contribution >= 0.6 is 0 Å². The van der Waals surface area contributed by atoms with Crippen LogP contribution in [0.2, 0.25) is 0 Å². The summed E-state index contributed by atoms with van der Waals surface area (Å²) in [6, 6.07) is 3.65. The van der Waals surface area contributed by atoms with Crippen molar-refractivity contribution in [3.8, 4) is 0 Å². The van der Waals surface area contributed by atoms with E-state index in [0.717, 1.165) is 18.4 Å². The molecule has 0 aliphatic heterocycles. The number of carboxylic acid groups (broad SMARTS) is 1.